The monoisotopic (exact) mass is 604 g/mol. The normalized spacial score (nSPS) is 11.4. The van der Waals surface area contributed by atoms with Gasteiger partial charge in [-0.25, -0.2) is 19.9 Å². The summed E-state index contributed by atoms with van der Waals surface area (Å²) in [6, 6.07) is 23.1. The van der Waals surface area contributed by atoms with Gasteiger partial charge in [-0.1, -0.05) is 45.9 Å². The van der Waals surface area contributed by atoms with Gasteiger partial charge in [0.1, 0.15) is 23.3 Å². The first-order chi connectivity index (χ1) is 20.4. The van der Waals surface area contributed by atoms with Crippen LogP contribution in [0.25, 0.3) is 0 Å². The molecule has 0 aliphatic carbocycles. The minimum absolute atomic E-state index is 0.536. The summed E-state index contributed by atoms with van der Waals surface area (Å²) in [5, 5.41) is 0. The number of nitrogen functional groups attached to an aromatic ring is 4. The summed E-state index contributed by atoms with van der Waals surface area (Å²) in [6.45, 7) is 4.68. The molecule has 0 aromatic carbocycles. The number of pyridine rings is 4. The number of hydrogen-bond donors (Lipinski definition) is 4. The Balaban J connectivity index is 1.21. The third-order valence-electron chi connectivity index (χ3n) is 6.34. The summed E-state index contributed by atoms with van der Waals surface area (Å²) in [5.74, 6) is 4.25. The number of rotatable bonds is 17. The maximum Gasteiger partial charge on any atom is 0.123 e. The van der Waals surface area contributed by atoms with Crippen LogP contribution in [0.5, 0.6) is 0 Å². The molecular formula is C30H40N10S2. The average Bonchev–Trinajstić information content (AvgIpc) is 2.94. The zero-order valence-corrected chi connectivity index (χ0v) is 25.4. The highest BCUT2D eigenvalue weighted by atomic mass is 33.1. The first-order valence-electron chi connectivity index (χ1n) is 14.0. The van der Waals surface area contributed by atoms with Crippen LogP contribution < -0.4 is 22.9 Å². The average molecular weight is 605 g/mol. The molecule has 12 heteroatoms. The lowest BCUT2D eigenvalue weighted by Crippen LogP contribution is -2.26. The molecule has 4 rings (SSSR count). The highest BCUT2D eigenvalue weighted by molar-refractivity contribution is 8.76. The van der Waals surface area contributed by atoms with Gasteiger partial charge in [0.05, 0.1) is 22.8 Å². The van der Waals surface area contributed by atoms with Crippen molar-refractivity contribution in [1.82, 2.24) is 29.7 Å². The molecule has 0 saturated heterocycles. The van der Waals surface area contributed by atoms with Gasteiger partial charge in [0, 0.05) is 37.7 Å². The second kappa shape index (κ2) is 16.8. The number of anilines is 4. The highest BCUT2D eigenvalue weighted by Crippen LogP contribution is 2.24. The van der Waals surface area contributed by atoms with Gasteiger partial charge < -0.3 is 22.9 Å². The SMILES string of the molecule is Nc1cccc(CN(CCCSSCCCN(Cc2cccc(N)n2)Cc2cccc(N)n2)Cc2cccc(N)n2)n1. The molecule has 0 radical (unpaired) electrons. The zero-order valence-electron chi connectivity index (χ0n) is 23.8. The van der Waals surface area contributed by atoms with E-state index in [2.05, 4.69) is 29.7 Å². The minimum Gasteiger partial charge on any atom is -0.384 e. The van der Waals surface area contributed by atoms with Gasteiger partial charge in [0.25, 0.3) is 0 Å². The van der Waals surface area contributed by atoms with E-state index in [0.717, 1.165) is 60.2 Å². The van der Waals surface area contributed by atoms with Gasteiger partial charge in [-0.15, -0.1) is 0 Å². The Morgan fingerprint density at radius 1 is 0.452 bits per heavy atom. The summed E-state index contributed by atoms with van der Waals surface area (Å²) >= 11 is 0. The van der Waals surface area contributed by atoms with Crippen molar-refractivity contribution in [3.8, 4) is 0 Å². The Labute approximate surface area is 256 Å². The molecule has 4 aromatic rings. The molecule has 0 saturated carbocycles. The Kier molecular flexibility index (Phi) is 12.5. The van der Waals surface area contributed by atoms with Gasteiger partial charge in [-0.3, -0.25) is 9.80 Å². The molecule has 8 N–H and O–H groups in total. The van der Waals surface area contributed by atoms with Crippen LogP contribution in [0.2, 0.25) is 0 Å². The van der Waals surface area contributed by atoms with Crippen LogP contribution >= 0.6 is 21.6 Å². The smallest absolute Gasteiger partial charge is 0.123 e. The van der Waals surface area contributed by atoms with E-state index in [1.165, 1.54) is 0 Å². The molecule has 42 heavy (non-hydrogen) atoms. The highest BCUT2D eigenvalue weighted by Gasteiger charge is 2.12. The van der Waals surface area contributed by atoms with E-state index in [1.54, 1.807) is 0 Å². The molecule has 0 atom stereocenters. The molecule has 0 aliphatic rings. The van der Waals surface area contributed by atoms with Crippen LogP contribution in [0.3, 0.4) is 0 Å². The molecule has 0 unspecified atom stereocenters. The van der Waals surface area contributed by atoms with Crippen LogP contribution in [0.4, 0.5) is 23.3 Å². The first kappa shape index (κ1) is 31.4. The van der Waals surface area contributed by atoms with Gasteiger partial charge in [-0.05, 0) is 74.5 Å². The predicted molar refractivity (Wildman–Crippen MR) is 177 cm³/mol. The molecule has 4 aromatic heterocycles. The number of nitrogens with zero attached hydrogens (tertiary/aromatic N) is 6. The summed E-state index contributed by atoms with van der Waals surface area (Å²) in [5.41, 5.74) is 27.4. The molecule has 222 valence electrons. The quantitative estimate of drug-likeness (QED) is 0.0990. The number of nitrogens with two attached hydrogens (primary N) is 4. The van der Waals surface area contributed by atoms with E-state index < -0.39 is 0 Å². The molecule has 0 fully saturated rings. The molecule has 10 nitrogen and oxygen atoms in total. The third-order valence-corrected chi connectivity index (χ3v) is 8.92. The van der Waals surface area contributed by atoms with Crippen LogP contribution in [-0.2, 0) is 26.2 Å². The van der Waals surface area contributed by atoms with Crippen molar-refractivity contribution in [3.63, 3.8) is 0 Å². The fourth-order valence-corrected chi connectivity index (χ4v) is 6.65. The van der Waals surface area contributed by atoms with Crippen LogP contribution in [0.15, 0.2) is 72.8 Å². The van der Waals surface area contributed by atoms with Crippen molar-refractivity contribution in [2.45, 2.75) is 39.0 Å². The number of aromatic nitrogens is 4. The molecule has 0 spiro atoms. The van der Waals surface area contributed by atoms with E-state index in [9.17, 15) is 0 Å². The van der Waals surface area contributed by atoms with Gasteiger partial charge in [0.2, 0.25) is 0 Å². The second-order valence-corrected chi connectivity index (χ2v) is 12.7. The molecule has 0 aliphatic heterocycles. The van der Waals surface area contributed by atoms with Gasteiger partial charge in [0.15, 0.2) is 0 Å². The van der Waals surface area contributed by atoms with Gasteiger partial charge >= 0.3 is 0 Å². The molecule has 4 heterocycles. The topological polar surface area (TPSA) is 162 Å². The fraction of sp³-hybridized carbons (Fsp3) is 0.333. The summed E-state index contributed by atoms with van der Waals surface area (Å²) in [6.07, 6.45) is 2.10. The van der Waals surface area contributed by atoms with Crippen LogP contribution in [-0.4, -0.2) is 54.3 Å². The maximum absolute atomic E-state index is 5.91. The third kappa shape index (κ3) is 11.4. The van der Waals surface area contributed by atoms with Crippen molar-refractivity contribution in [2.24, 2.45) is 0 Å². The maximum atomic E-state index is 5.91. The largest absolute Gasteiger partial charge is 0.384 e. The molecular weight excluding hydrogens is 565 g/mol. The minimum atomic E-state index is 0.536. The van der Waals surface area contributed by atoms with E-state index in [-0.39, 0.29) is 0 Å². The fourth-order valence-electron chi connectivity index (χ4n) is 4.50. The number of hydrogen-bond acceptors (Lipinski definition) is 12. The van der Waals surface area contributed by atoms with E-state index in [0.29, 0.717) is 49.5 Å². The Bertz CT molecular complexity index is 1190. The van der Waals surface area contributed by atoms with E-state index >= 15 is 0 Å². The Morgan fingerprint density at radius 3 is 1.00 bits per heavy atom. The zero-order chi connectivity index (χ0) is 29.6. The first-order valence-corrected chi connectivity index (χ1v) is 16.5. The van der Waals surface area contributed by atoms with E-state index in [4.69, 9.17) is 22.9 Å². The van der Waals surface area contributed by atoms with Gasteiger partial charge in [-0.2, -0.15) is 0 Å². The molecule has 0 amide bonds. The van der Waals surface area contributed by atoms with Crippen molar-refractivity contribution < 1.29 is 0 Å². The summed E-state index contributed by atoms with van der Waals surface area (Å²) in [7, 11) is 3.84. The lowest BCUT2D eigenvalue weighted by Gasteiger charge is -2.22. The van der Waals surface area contributed by atoms with Crippen LogP contribution in [0, 0.1) is 0 Å². The predicted octanol–water partition coefficient (Wildman–Crippen LogP) is 4.46. The van der Waals surface area contributed by atoms with Crippen molar-refractivity contribution in [1.29, 1.82) is 0 Å². The van der Waals surface area contributed by atoms with Crippen molar-refractivity contribution in [2.75, 3.05) is 47.5 Å². The molecule has 0 bridgehead atoms. The standard InChI is InChI=1S/C30H40N10S2/c31-27-11-1-7-23(35-27)19-39(20-24-8-2-12-28(32)36-24)15-5-17-41-42-18-6-16-40(21-25-9-3-13-29(33)37-25)22-26-10-4-14-30(34)38-26/h1-4,7-14H,5-6,15-22H2,(H2,31,35)(H2,32,36)(H2,33,37)(H2,34,38). The van der Waals surface area contributed by atoms with E-state index in [1.807, 2.05) is 94.4 Å². The van der Waals surface area contributed by atoms with Crippen molar-refractivity contribution >= 4 is 44.9 Å². The Hall–Kier alpha value is -3.58. The lowest BCUT2D eigenvalue weighted by molar-refractivity contribution is 0.252. The Morgan fingerprint density at radius 2 is 0.738 bits per heavy atom. The van der Waals surface area contributed by atoms with Crippen LogP contribution in [0.1, 0.15) is 35.6 Å². The summed E-state index contributed by atoms with van der Waals surface area (Å²) < 4.78 is 0. The summed E-state index contributed by atoms with van der Waals surface area (Å²) in [4.78, 5) is 22.6. The lowest BCUT2D eigenvalue weighted by atomic mass is 10.2. The second-order valence-electron chi connectivity index (χ2n) is 9.99. The van der Waals surface area contributed by atoms with Crippen molar-refractivity contribution in [3.05, 3.63) is 95.6 Å².